The molecular weight excluding hydrogens is 260 g/mol. The van der Waals surface area contributed by atoms with Crippen LogP contribution in [0.5, 0.6) is 23.0 Å². The van der Waals surface area contributed by atoms with Crippen LogP contribution in [-0.2, 0) is 6.42 Å². The van der Waals surface area contributed by atoms with E-state index in [1.165, 1.54) is 13.2 Å². The average molecular weight is 274 g/mol. The summed E-state index contributed by atoms with van der Waals surface area (Å²) in [5, 5.41) is 28.3. The van der Waals surface area contributed by atoms with Crippen LogP contribution < -0.4 is 4.74 Å². The fraction of sp³-hybridized carbons (Fsp3) is 0.133. The van der Waals surface area contributed by atoms with Gasteiger partial charge in [0.25, 0.3) is 0 Å². The Morgan fingerprint density at radius 3 is 2.55 bits per heavy atom. The van der Waals surface area contributed by atoms with Crippen molar-refractivity contribution in [2.45, 2.75) is 6.42 Å². The van der Waals surface area contributed by atoms with E-state index < -0.39 is 17.2 Å². The lowest BCUT2D eigenvalue weighted by Gasteiger charge is -2.07. The first kappa shape index (κ1) is 13.7. The first-order valence-corrected chi connectivity index (χ1v) is 5.93. The smallest absolute Gasteiger partial charge is 0.201 e. The molecule has 0 saturated carbocycles. The highest BCUT2D eigenvalue weighted by Crippen LogP contribution is 2.37. The molecule has 0 amide bonds. The minimum absolute atomic E-state index is 0.0388. The van der Waals surface area contributed by atoms with Crippen LogP contribution in [-0.4, -0.2) is 28.2 Å². The number of hydrogen-bond donors (Lipinski definition) is 3. The molecular formula is C15H14O5. The molecule has 2 rings (SSSR count). The van der Waals surface area contributed by atoms with Crippen molar-refractivity contribution in [1.82, 2.24) is 0 Å². The number of methoxy groups -OCH3 is 1. The highest BCUT2D eigenvalue weighted by atomic mass is 16.5. The molecule has 0 aliphatic carbocycles. The Kier molecular flexibility index (Phi) is 3.79. The van der Waals surface area contributed by atoms with Gasteiger partial charge in [0, 0.05) is 6.42 Å². The number of benzene rings is 2. The van der Waals surface area contributed by atoms with Crippen LogP contribution in [0.15, 0.2) is 36.4 Å². The number of phenolic OH excluding ortho intramolecular Hbond substituents is 3. The fourth-order valence-electron chi connectivity index (χ4n) is 1.86. The molecule has 104 valence electrons. The first-order valence-electron chi connectivity index (χ1n) is 5.93. The predicted molar refractivity (Wildman–Crippen MR) is 72.5 cm³/mol. The lowest BCUT2D eigenvalue weighted by Crippen LogP contribution is -2.04. The normalized spacial score (nSPS) is 10.2. The molecule has 2 aromatic carbocycles. The molecule has 5 nitrogen and oxygen atoms in total. The minimum Gasteiger partial charge on any atom is -0.504 e. The molecule has 0 saturated heterocycles. The number of carbonyl (C=O) groups excluding carboxylic acids is 1. The van der Waals surface area contributed by atoms with E-state index in [1.54, 1.807) is 24.3 Å². The van der Waals surface area contributed by atoms with Gasteiger partial charge in [-0.1, -0.05) is 12.1 Å². The van der Waals surface area contributed by atoms with E-state index in [0.29, 0.717) is 5.75 Å². The van der Waals surface area contributed by atoms with Gasteiger partial charge in [-0.05, 0) is 29.8 Å². The summed E-state index contributed by atoms with van der Waals surface area (Å²) in [6, 6.07) is 9.43. The maximum absolute atomic E-state index is 12.1. The Morgan fingerprint density at radius 2 is 1.85 bits per heavy atom. The molecule has 0 aliphatic rings. The topological polar surface area (TPSA) is 87.0 Å². The van der Waals surface area contributed by atoms with Crippen LogP contribution in [0.1, 0.15) is 15.9 Å². The maximum atomic E-state index is 12.1. The molecule has 20 heavy (non-hydrogen) atoms. The standard InChI is InChI=1S/C15H14O5/c1-20-10-4-2-3-9(7-10)8-13(17)11-5-6-12(16)15(19)14(11)18/h2-7,16,18-19H,8H2,1H3. The van der Waals surface area contributed by atoms with E-state index >= 15 is 0 Å². The lowest BCUT2D eigenvalue weighted by molar-refractivity contribution is 0.0989. The second-order valence-electron chi connectivity index (χ2n) is 4.28. The Bertz CT molecular complexity index is 649. The zero-order valence-electron chi connectivity index (χ0n) is 10.8. The molecule has 0 heterocycles. The summed E-state index contributed by atoms with van der Waals surface area (Å²) in [4.78, 5) is 12.1. The van der Waals surface area contributed by atoms with E-state index in [2.05, 4.69) is 0 Å². The summed E-state index contributed by atoms with van der Waals surface area (Å²) >= 11 is 0. The van der Waals surface area contributed by atoms with Crippen molar-refractivity contribution in [1.29, 1.82) is 0 Å². The Morgan fingerprint density at radius 1 is 1.10 bits per heavy atom. The molecule has 0 atom stereocenters. The third-order valence-electron chi connectivity index (χ3n) is 2.93. The molecule has 0 bridgehead atoms. The summed E-state index contributed by atoms with van der Waals surface area (Å²) in [6.07, 6.45) is 0.0506. The number of hydrogen-bond acceptors (Lipinski definition) is 5. The van der Waals surface area contributed by atoms with Gasteiger partial charge in [-0.15, -0.1) is 0 Å². The van der Waals surface area contributed by atoms with Gasteiger partial charge in [0.15, 0.2) is 17.3 Å². The van der Waals surface area contributed by atoms with Crippen molar-refractivity contribution in [3.8, 4) is 23.0 Å². The van der Waals surface area contributed by atoms with Crippen molar-refractivity contribution in [2.75, 3.05) is 7.11 Å². The second kappa shape index (κ2) is 5.52. The molecule has 0 aliphatic heterocycles. The van der Waals surface area contributed by atoms with Crippen LogP contribution in [0.2, 0.25) is 0 Å². The third kappa shape index (κ3) is 2.66. The molecule has 5 heteroatoms. The summed E-state index contributed by atoms with van der Waals surface area (Å²) in [7, 11) is 1.53. The number of carbonyl (C=O) groups is 1. The highest BCUT2D eigenvalue weighted by Gasteiger charge is 2.17. The van der Waals surface area contributed by atoms with Crippen molar-refractivity contribution in [2.24, 2.45) is 0 Å². The maximum Gasteiger partial charge on any atom is 0.201 e. The Labute approximate surface area is 115 Å². The van der Waals surface area contributed by atoms with Crippen LogP contribution in [0.4, 0.5) is 0 Å². The second-order valence-corrected chi connectivity index (χ2v) is 4.28. The van der Waals surface area contributed by atoms with Crippen molar-refractivity contribution in [3.63, 3.8) is 0 Å². The van der Waals surface area contributed by atoms with Crippen LogP contribution in [0.3, 0.4) is 0 Å². The van der Waals surface area contributed by atoms with Crippen LogP contribution in [0, 0.1) is 0 Å². The van der Waals surface area contributed by atoms with E-state index in [9.17, 15) is 20.1 Å². The summed E-state index contributed by atoms with van der Waals surface area (Å²) in [6.45, 7) is 0. The number of Topliss-reactive ketones (excluding diaryl/α,β-unsaturated/α-hetero) is 1. The number of rotatable bonds is 4. The van der Waals surface area contributed by atoms with Crippen LogP contribution in [0.25, 0.3) is 0 Å². The predicted octanol–water partition coefficient (Wildman–Crippen LogP) is 2.24. The zero-order chi connectivity index (χ0) is 14.7. The van der Waals surface area contributed by atoms with E-state index in [0.717, 1.165) is 11.6 Å². The number of aromatic hydroxyl groups is 3. The summed E-state index contributed by atoms with van der Waals surface area (Å²) in [5.41, 5.74) is 0.685. The van der Waals surface area contributed by atoms with Crippen LogP contribution >= 0.6 is 0 Å². The fourth-order valence-corrected chi connectivity index (χ4v) is 1.86. The van der Waals surface area contributed by atoms with Crippen molar-refractivity contribution < 1.29 is 24.9 Å². The Hall–Kier alpha value is -2.69. The zero-order valence-corrected chi connectivity index (χ0v) is 10.8. The lowest BCUT2D eigenvalue weighted by atomic mass is 10.0. The van der Waals surface area contributed by atoms with Gasteiger partial charge in [-0.2, -0.15) is 0 Å². The first-order chi connectivity index (χ1) is 9.52. The molecule has 2 aromatic rings. The van der Waals surface area contributed by atoms with Gasteiger partial charge in [0.05, 0.1) is 12.7 Å². The summed E-state index contributed by atoms with van der Waals surface area (Å²) in [5.74, 6) is -1.51. The van der Waals surface area contributed by atoms with Crippen molar-refractivity contribution >= 4 is 5.78 Å². The number of ether oxygens (including phenoxy) is 1. The van der Waals surface area contributed by atoms with Gasteiger partial charge >= 0.3 is 0 Å². The van der Waals surface area contributed by atoms with E-state index in [1.807, 2.05) is 0 Å². The number of phenols is 3. The summed E-state index contributed by atoms with van der Waals surface area (Å²) < 4.78 is 5.07. The minimum atomic E-state index is -0.693. The quantitative estimate of drug-likeness (QED) is 0.588. The molecule has 0 spiro atoms. The van der Waals surface area contributed by atoms with Gasteiger partial charge in [-0.3, -0.25) is 4.79 Å². The van der Waals surface area contributed by atoms with Gasteiger partial charge in [0.2, 0.25) is 5.75 Å². The van der Waals surface area contributed by atoms with Gasteiger partial charge < -0.3 is 20.1 Å². The molecule has 0 fully saturated rings. The highest BCUT2D eigenvalue weighted by molar-refractivity contribution is 6.00. The molecule has 3 N–H and O–H groups in total. The number of ketones is 1. The molecule has 0 radical (unpaired) electrons. The largest absolute Gasteiger partial charge is 0.504 e. The molecule has 0 aromatic heterocycles. The molecule has 0 unspecified atom stereocenters. The third-order valence-corrected chi connectivity index (χ3v) is 2.93. The van der Waals surface area contributed by atoms with Gasteiger partial charge in [0.1, 0.15) is 5.75 Å². The van der Waals surface area contributed by atoms with E-state index in [4.69, 9.17) is 4.74 Å². The van der Waals surface area contributed by atoms with Crippen molar-refractivity contribution in [3.05, 3.63) is 47.5 Å². The van der Waals surface area contributed by atoms with E-state index in [-0.39, 0.29) is 17.8 Å². The monoisotopic (exact) mass is 274 g/mol. The van der Waals surface area contributed by atoms with Gasteiger partial charge in [-0.25, -0.2) is 0 Å². The average Bonchev–Trinajstić information content (AvgIpc) is 2.45. The Balaban J connectivity index is 2.26. The SMILES string of the molecule is COc1cccc(CC(=O)c2ccc(O)c(O)c2O)c1.